The number of rotatable bonds is 7. The van der Waals surface area contributed by atoms with Crippen molar-refractivity contribution in [2.45, 2.75) is 13.5 Å². The largest absolute Gasteiger partial charge is 0.493 e. The number of carbonyl (C=O) groups is 1. The van der Waals surface area contributed by atoms with Crippen LogP contribution in [0.15, 0.2) is 54.9 Å². The van der Waals surface area contributed by atoms with Gasteiger partial charge in [0, 0.05) is 5.56 Å². The molecule has 2 aromatic carbocycles. The Hall–Kier alpha value is -3.48. The van der Waals surface area contributed by atoms with Gasteiger partial charge in [0.15, 0.2) is 18.1 Å². The summed E-state index contributed by atoms with van der Waals surface area (Å²) in [6.45, 7) is 2.03. The molecule has 1 amide bonds. The Morgan fingerprint density at radius 1 is 1.07 bits per heavy atom. The number of aromatic nitrogens is 2. The molecule has 6 nitrogen and oxygen atoms in total. The zero-order chi connectivity index (χ0) is 19.9. The highest BCUT2D eigenvalue weighted by atomic mass is 19.1. The fourth-order valence-electron chi connectivity index (χ4n) is 2.55. The first kappa shape index (κ1) is 19.3. The second-order valence-electron chi connectivity index (χ2n) is 6.12. The van der Waals surface area contributed by atoms with Gasteiger partial charge < -0.3 is 14.8 Å². The molecule has 28 heavy (non-hydrogen) atoms. The summed E-state index contributed by atoms with van der Waals surface area (Å²) in [6.07, 6.45) is 1.41. The molecular formula is C21H20FN3O3. The zero-order valence-electron chi connectivity index (χ0n) is 15.6. The van der Waals surface area contributed by atoms with Gasteiger partial charge in [-0.25, -0.2) is 14.4 Å². The summed E-state index contributed by atoms with van der Waals surface area (Å²) in [5, 5.41) is 2.75. The van der Waals surface area contributed by atoms with Gasteiger partial charge >= 0.3 is 0 Å². The highest BCUT2D eigenvalue weighted by Crippen LogP contribution is 2.27. The van der Waals surface area contributed by atoms with Crippen molar-refractivity contribution < 1.29 is 18.7 Å². The number of hydrogen-bond acceptors (Lipinski definition) is 5. The van der Waals surface area contributed by atoms with E-state index in [4.69, 9.17) is 9.47 Å². The third kappa shape index (κ3) is 5.03. The first-order chi connectivity index (χ1) is 13.5. The second kappa shape index (κ2) is 8.94. The highest BCUT2D eigenvalue weighted by molar-refractivity contribution is 5.77. The Morgan fingerprint density at radius 2 is 1.86 bits per heavy atom. The molecular weight excluding hydrogens is 361 g/mol. The van der Waals surface area contributed by atoms with Crippen LogP contribution in [0.1, 0.15) is 11.3 Å². The molecule has 0 aliphatic rings. The number of aryl methyl sites for hydroxylation is 1. The van der Waals surface area contributed by atoms with E-state index in [-0.39, 0.29) is 24.9 Å². The van der Waals surface area contributed by atoms with E-state index in [2.05, 4.69) is 15.3 Å². The van der Waals surface area contributed by atoms with E-state index in [0.717, 1.165) is 11.1 Å². The average Bonchev–Trinajstić information content (AvgIpc) is 2.72. The molecule has 0 fully saturated rings. The van der Waals surface area contributed by atoms with Crippen molar-refractivity contribution in [3.8, 4) is 22.8 Å². The van der Waals surface area contributed by atoms with Crippen LogP contribution < -0.4 is 14.8 Å². The molecule has 0 saturated carbocycles. The molecule has 3 rings (SSSR count). The smallest absolute Gasteiger partial charge is 0.258 e. The van der Waals surface area contributed by atoms with Crippen molar-refractivity contribution in [2.75, 3.05) is 13.7 Å². The summed E-state index contributed by atoms with van der Waals surface area (Å²) in [7, 11) is 1.55. The van der Waals surface area contributed by atoms with Gasteiger partial charge in [0.05, 0.1) is 25.0 Å². The maximum atomic E-state index is 13.1. The van der Waals surface area contributed by atoms with E-state index in [0.29, 0.717) is 22.9 Å². The lowest BCUT2D eigenvalue weighted by Gasteiger charge is -2.11. The predicted octanol–water partition coefficient (Wildman–Crippen LogP) is 3.29. The number of carbonyl (C=O) groups excluding carboxylic acids is 1. The summed E-state index contributed by atoms with van der Waals surface area (Å²) < 4.78 is 23.8. The van der Waals surface area contributed by atoms with Gasteiger partial charge in [0.1, 0.15) is 12.1 Å². The molecule has 0 saturated heterocycles. The summed E-state index contributed by atoms with van der Waals surface area (Å²) >= 11 is 0. The van der Waals surface area contributed by atoms with Crippen molar-refractivity contribution in [1.82, 2.24) is 15.3 Å². The monoisotopic (exact) mass is 381 g/mol. The third-order valence-corrected chi connectivity index (χ3v) is 4.01. The molecule has 0 spiro atoms. The van der Waals surface area contributed by atoms with Gasteiger partial charge in [-0.2, -0.15) is 0 Å². The minimum absolute atomic E-state index is 0.144. The van der Waals surface area contributed by atoms with E-state index in [1.807, 2.05) is 19.1 Å². The van der Waals surface area contributed by atoms with Crippen LogP contribution in [0.4, 0.5) is 4.39 Å². The zero-order valence-corrected chi connectivity index (χ0v) is 15.6. The molecule has 0 aliphatic carbocycles. The maximum absolute atomic E-state index is 13.1. The summed E-state index contributed by atoms with van der Waals surface area (Å²) in [5.41, 5.74) is 3.09. The molecule has 7 heteroatoms. The van der Waals surface area contributed by atoms with Crippen LogP contribution in [0.5, 0.6) is 11.5 Å². The van der Waals surface area contributed by atoms with Crippen LogP contribution in [0.3, 0.4) is 0 Å². The molecule has 3 aromatic rings. The molecule has 0 aliphatic heterocycles. The first-order valence-corrected chi connectivity index (χ1v) is 8.66. The minimum atomic E-state index is -0.310. The number of halogens is 1. The van der Waals surface area contributed by atoms with E-state index in [1.165, 1.54) is 18.5 Å². The quantitative estimate of drug-likeness (QED) is 0.680. The molecule has 1 N–H and O–H groups in total. The molecule has 0 radical (unpaired) electrons. The van der Waals surface area contributed by atoms with Crippen LogP contribution >= 0.6 is 0 Å². The lowest BCUT2D eigenvalue weighted by molar-refractivity contribution is -0.123. The van der Waals surface area contributed by atoms with Gasteiger partial charge in [0.25, 0.3) is 5.91 Å². The van der Waals surface area contributed by atoms with Gasteiger partial charge in [-0.05, 0) is 55.0 Å². The number of nitrogens with zero attached hydrogens (tertiary/aromatic N) is 2. The number of hydrogen-bond donors (Lipinski definition) is 1. The van der Waals surface area contributed by atoms with Crippen LogP contribution in [0.2, 0.25) is 0 Å². The summed E-state index contributed by atoms with van der Waals surface area (Å²) in [6, 6.07) is 13.3. The van der Waals surface area contributed by atoms with Crippen molar-refractivity contribution in [1.29, 1.82) is 0 Å². The van der Waals surface area contributed by atoms with Gasteiger partial charge in [-0.3, -0.25) is 4.79 Å². The fraction of sp³-hybridized carbons (Fsp3) is 0.190. The van der Waals surface area contributed by atoms with Gasteiger partial charge in [-0.15, -0.1) is 0 Å². The summed E-state index contributed by atoms with van der Waals surface area (Å²) in [5.74, 6) is 0.483. The Balaban J connectivity index is 1.56. The van der Waals surface area contributed by atoms with Crippen LogP contribution in [-0.4, -0.2) is 29.6 Å². The number of amides is 1. The molecule has 144 valence electrons. The average molecular weight is 381 g/mol. The van der Waals surface area contributed by atoms with Crippen LogP contribution in [0.25, 0.3) is 11.3 Å². The maximum Gasteiger partial charge on any atom is 0.258 e. The van der Waals surface area contributed by atoms with E-state index < -0.39 is 0 Å². The van der Waals surface area contributed by atoms with E-state index in [1.54, 1.807) is 31.4 Å². The SMILES string of the molecule is COc1cc(C)ccc1OCC(=O)NCc1cc(-c2ccc(F)cc2)ncn1. The minimum Gasteiger partial charge on any atom is -0.493 e. The third-order valence-electron chi connectivity index (χ3n) is 4.01. The van der Waals surface area contributed by atoms with Crippen molar-refractivity contribution in [2.24, 2.45) is 0 Å². The Labute approximate surface area is 162 Å². The fourth-order valence-corrected chi connectivity index (χ4v) is 2.55. The predicted molar refractivity (Wildman–Crippen MR) is 102 cm³/mol. The molecule has 0 atom stereocenters. The Kier molecular flexibility index (Phi) is 6.16. The Bertz CT molecular complexity index is 961. The number of benzene rings is 2. The van der Waals surface area contributed by atoms with E-state index >= 15 is 0 Å². The number of methoxy groups -OCH3 is 1. The van der Waals surface area contributed by atoms with Gasteiger partial charge in [0.2, 0.25) is 0 Å². The molecule has 1 heterocycles. The molecule has 0 unspecified atom stereocenters. The standard InChI is InChI=1S/C21H20FN3O3/c1-14-3-8-19(20(9-14)27-2)28-12-21(26)23-11-17-10-18(25-13-24-17)15-4-6-16(22)7-5-15/h3-10,13H,11-12H2,1-2H3,(H,23,26). The highest BCUT2D eigenvalue weighted by Gasteiger charge is 2.09. The number of nitrogens with one attached hydrogen (secondary N) is 1. The van der Waals surface area contributed by atoms with Crippen LogP contribution in [0, 0.1) is 12.7 Å². The van der Waals surface area contributed by atoms with Crippen molar-refractivity contribution >= 4 is 5.91 Å². The topological polar surface area (TPSA) is 73.3 Å². The first-order valence-electron chi connectivity index (χ1n) is 8.66. The second-order valence-corrected chi connectivity index (χ2v) is 6.12. The molecule has 0 bridgehead atoms. The lowest BCUT2D eigenvalue weighted by atomic mass is 10.1. The normalized spacial score (nSPS) is 10.4. The van der Waals surface area contributed by atoms with Gasteiger partial charge in [-0.1, -0.05) is 6.07 Å². The van der Waals surface area contributed by atoms with E-state index in [9.17, 15) is 9.18 Å². The Morgan fingerprint density at radius 3 is 2.61 bits per heavy atom. The van der Waals surface area contributed by atoms with Crippen molar-refractivity contribution in [3.63, 3.8) is 0 Å². The van der Waals surface area contributed by atoms with Crippen LogP contribution in [-0.2, 0) is 11.3 Å². The summed E-state index contributed by atoms with van der Waals surface area (Å²) in [4.78, 5) is 20.4. The molecule has 1 aromatic heterocycles. The lowest BCUT2D eigenvalue weighted by Crippen LogP contribution is -2.28. The number of ether oxygens (including phenoxy) is 2. The van der Waals surface area contributed by atoms with Crippen molar-refractivity contribution in [3.05, 3.63) is 71.9 Å².